The van der Waals surface area contributed by atoms with Crippen LogP contribution in [-0.4, -0.2) is 70.5 Å². The van der Waals surface area contributed by atoms with Crippen LogP contribution in [0.1, 0.15) is 23.3 Å². The van der Waals surface area contributed by atoms with Gasteiger partial charge in [-0.05, 0) is 24.6 Å². The number of carbonyl (C=O) groups is 3. The number of carbonyl (C=O) groups excluding carboxylic acids is 3. The molecule has 0 spiro atoms. The van der Waals surface area contributed by atoms with E-state index in [0.29, 0.717) is 48.4 Å². The first kappa shape index (κ1) is 22.9. The Morgan fingerprint density at radius 2 is 2.00 bits per heavy atom. The van der Waals surface area contributed by atoms with Crippen molar-refractivity contribution in [2.45, 2.75) is 29.7 Å². The van der Waals surface area contributed by atoms with E-state index in [2.05, 4.69) is 5.32 Å². The molecule has 180 valence electrons. The van der Waals surface area contributed by atoms with Crippen LogP contribution in [0.3, 0.4) is 0 Å². The zero-order valence-electron chi connectivity index (χ0n) is 18.3. The number of rotatable bonds is 5. The lowest BCUT2D eigenvalue weighted by Crippen LogP contribution is -2.43. The van der Waals surface area contributed by atoms with Crippen LogP contribution < -0.4 is 14.9 Å². The van der Waals surface area contributed by atoms with Crippen LogP contribution in [0.5, 0.6) is 11.5 Å². The van der Waals surface area contributed by atoms with Gasteiger partial charge in [-0.3, -0.25) is 29.1 Å². The van der Waals surface area contributed by atoms with Gasteiger partial charge in [-0.15, -0.1) is 0 Å². The largest absolute Gasteiger partial charge is 0.504 e. The molecule has 2 N–H and O–H groups in total. The van der Waals surface area contributed by atoms with Gasteiger partial charge in [-0.1, -0.05) is 29.2 Å². The number of nitrogens with zero attached hydrogens (tertiary/aromatic N) is 2. The van der Waals surface area contributed by atoms with Crippen molar-refractivity contribution in [1.29, 1.82) is 0 Å². The van der Waals surface area contributed by atoms with E-state index in [4.69, 9.17) is 9.47 Å². The summed E-state index contributed by atoms with van der Waals surface area (Å²) in [6, 6.07) is 4.79. The molecule has 2 aromatic rings. The second-order valence-electron chi connectivity index (χ2n) is 8.17. The fourth-order valence-corrected chi connectivity index (χ4v) is 7.32. The van der Waals surface area contributed by atoms with Gasteiger partial charge in [0.15, 0.2) is 11.5 Å². The first-order valence-corrected chi connectivity index (χ1v) is 12.6. The summed E-state index contributed by atoms with van der Waals surface area (Å²) < 4.78 is 12.2. The third-order valence-corrected chi connectivity index (χ3v) is 8.80. The molecule has 1 aromatic heterocycles. The molecule has 2 unspecified atom stereocenters. The first-order chi connectivity index (χ1) is 16.4. The highest BCUT2D eigenvalue weighted by Gasteiger charge is 2.53. The summed E-state index contributed by atoms with van der Waals surface area (Å²) in [6.45, 7) is 3.81. The van der Waals surface area contributed by atoms with Gasteiger partial charge in [0, 0.05) is 23.9 Å². The van der Waals surface area contributed by atoms with E-state index >= 15 is 0 Å². The molecule has 0 bridgehead atoms. The van der Waals surface area contributed by atoms with E-state index in [1.807, 2.05) is 0 Å². The maximum absolute atomic E-state index is 13.0. The number of fused-ring (bicyclic) bond motifs is 2. The number of ether oxygens (including phenoxy) is 2. The molecule has 10 nitrogen and oxygen atoms in total. The highest BCUT2D eigenvalue weighted by molar-refractivity contribution is 8.00. The van der Waals surface area contributed by atoms with Crippen molar-refractivity contribution >= 4 is 40.8 Å². The minimum absolute atomic E-state index is 0.0404. The van der Waals surface area contributed by atoms with Crippen LogP contribution in [0, 0.1) is 5.92 Å². The number of hydrogen-bond donors (Lipinski definition) is 2. The van der Waals surface area contributed by atoms with Crippen molar-refractivity contribution in [3.05, 3.63) is 38.3 Å². The summed E-state index contributed by atoms with van der Waals surface area (Å²) in [7, 11) is 0. The highest BCUT2D eigenvalue weighted by Crippen LogP contribution is 2.52. The fraction of sp³-hybridized carbons (Fsp3) is 0.455. The molecule has 3 amide bonds. The van der Waals surface area contributed by atoms with Gasteiger partial charge in [0.05, 0.1) is 30.8 Å². The lowest BCUT2D eigenvalue weighted by Gasteiger charge is -2.31. The fourth-order valence-electron chi connectivity index (χ4n) is 4.58. The van der Waals surface area contributed by atoms with Crippen molar-refractivity contribution < 1.29 is 29.0 Å². The monoisotopic (exact) mass is 505 g/mol. The van der Waals surface area contributed by atoms with Crippen LogP contribution in [0.4, 0.5) is 0 Å². The number of nitrogens with one attached hydrogen (secondary N) is 1. The van der Waals surface area contributed by atoms with Crippen molar-refractivity contribution in [2.24, 2.45) is 5.92 Å². The van der Waals surface area contributed by atoms with Gasteiger partial charge < -0.3 is 19.5 Å². The molecular formula is C22H23N3O7S2. The number of thiazole rings is 1. The maximum Gasteiger partial charge on any atom is 0.308 e. The number of benzene rings is 1. The van der Waals surface area contributed by atoms with Crippen LogP contribution >= 0.6 is 23.1 Å². The maximum atomic E-state index is 13.0. The second kappa shape index (κ2) is 9.08. The number of amides is 3. The van der Waals surface area contributed by atoms with Gasteiger partial charge in [0.25, 0.3) is 0 Å². The Morgan fingerprint density at radius 3 is 2.74 bits per heavy atom. The summed E-state index contributed by atoms with van der Waals surface area (Å²) in [5.74, 6) is -2.10. The summed E-state index contributed by atoms with van der Waals surface area (Å²) in [5.41, 5.74) is 0.649. The Hall–Kier alpha value is -2.83. The SMILES string of the molecule is CCOc1cc([C@@H]2c3sc(=O)n(CC(=O)N4CCOCC4)c3SC3C(=O)NC(=O)C32)ccc1O. The molecule has 2 fully saturated rings. The van der Waals surface area contributed by atoms with Crippen LogP contribution in [0.15, 0.2) is 28.0 Å². The Balaban J connectivity index is 1.58. The Morgan fingerprint density at radius 1 is 1.24 bits per heavy atom. The Labute approximate surface area is 202 Å². The van der Waals surface area contributed by atoms with Crippen LogP contribution in [-0.2, 0) is 25.7 Å². The van der Waals surface area contributed by atoms with E-state index in [9.17, 15) is 24.3 Å². The average molecular weight is 506 g/mol. The molecule has 34 heavy (non-hydrogen) atoms. The summed E-state index contributed by atoms with van der Waals surface area (Å²) in [5, 5.41) is 12.4. The Bertz CT molecular complexity index is 1220. The molecule has 3 aliphatic rings. The third kappa shape index (κ3) is 3.89. The number of morpholine rings is 1. The second-order valence-corrected chi connectivity index (χ2v) is 10.3. The number of phenols is 1. The molecule has 3 aliphatic heterocycles. The van der Waals surface area contributed by atoms with Gasteiger partial charge in [0.1, 0.15) is 11.8 Å². The summed E-state index contributed by atoms with van der Waals surface area (Å²) >= 11 is 2.14. The van der Waals surface area contributed by atoms with Crippen molar-refractivity contribution in [3.63, 3.8) is 0 Å². The quantitative estimate of drug-likeness (QED) is 0.570. The predicted molar refractivity (Wildman–Crippen MR) is 123 cm³/mol. The van der Waals surface area contributed by atoms with Crippen LogP contribution in [0.2, 0.25) is 0 Å². The molecule has 0 aliphatic carbocycles. The van der Waals surface area contributed by atoms with E-state index in [-0.39, 0.29) is 28.8 Å². The first-order valence-electron chi connectivity index (χ1n) is 10.9. The molecular weight excluding hydrogens is 482 g/mol. The van der Waals surface area contributed by atoms with Crippen molar-refractivity contribution in [2.75, 3.05) is 32.9 Å². The van der Waals surface area contributed by atoms with Crippen molar-refractivity contribution in [1.82, 2.24) is 14.8 Å². The topological polar surface area (TPSA) is 127 Å². The third-order valence-electron chi connectivity index (χ3n) is 6.19. The summed E-state index contributed by atoms with van der Waals surface area (Å²) in [4.78, 5) is 53.3. The zero-order chi connectivity index (χ0) is 24.0. The number of phenolic OH excluding ortho intramolecular Hbond substituents is 1. The van der Waals surface area contributed by atoms with E-state index in [1.165, 1.54) is 10.6 Å². The van der Waals surface area contributed by atoms with E-state index < -0.39 is 28.9 Å². The molecule has 12 heteroatoms. The van der Waals surface area contributed by atoms with Crippen molar-refractivity contribution in [3.8, 4) is 11.5 Å². The normalized spacial score (nSPS) is 23.9. The van der Waals surface area contributed by atoms with Crippen LogP contribution in [0.25, 0.3) is 0 Å². The average Bonchev–Trinajstić information content (AvgIpc) is 3.29. The predicted octanol–water partition coefficient (Wildman–Crippen LogP) is 0.752. The summed E-state index contributed by atoms with van der Waals surface area (Å²) in [6.07, 6.45) is 0. The molecule has 0 saturated carbocycles. The molecule has 4 heterocycles. The lowest BCUT2D eigenvalue weighted by atomic mass is 9.83. The van der Waals surface area contributed by atoms with E-state index in [0.717, 1.165) is 23.1 Å². The van der Waals surface area contributed by atoms with E-state index in [1.54, 1.807) is 24.0 Å². The number of thioether (sulfide) groups is 1. The molecule has 2 saturated heterocycles. The Kier molecular flexibility index (Phi) is 6.13. The van der Waals surface area contributed by atoms with Gasteiger partial charge in [-0.2, -0.15) is 0 Å². The number of hydrogen-bond acceptors (Lipinski definition) is 9. The molecule has 1 aromatic carbocycles. The van der Waals surface area contributed by atoms with Gasteiger partial charge >= 0.3 is 4.87 Å². The number of aromatic hydroxyl groups is 1. The molecule has 3 atom stereocenters. The smallest absolute Gasteiger partial charge is 0.308 e. The minimum Gasteiger partial charge on any atom is -0.504 e. The minimum atomic E-state index is -0.729. The number of aromatic nitrogens is 1. The standard InChI is InChI=1S/C22H23N3O7S2/c1-2-32-13-9-11(3-4-12(13)26)15-16-17(20(29)23-19(16)28)33-21-18(15)34-22(30)25(21)10-14(27)24-5-7-31-8-6-24/h3-4,9,15-17,26H,2,5-8,10H2,1H3,(H,23,28,29)/t15-,16?,17?/m0/s1. The van der Waals surface area contributed by atoms with Gasteiger partial charge in [-0.25, -0.2) is 0 Å². The molecule has 5 rings (SSSR count). The van der Waals surface area contributed by atoms with Gasteiger partial charge in [0.2, 0.25) is 17.7 Å². The lowest BCUT2D eigenvalue weighted by molar-refractivity contribution is -0.136. The highest BCUT2D eigenvalue weighted by atomic mass is 32.2. The molecule has 0 radical (unpaired) electrons. The zero-order valence-corrected chi connectivity index (χ0v) is 19.9. The number of imide groups is 1.